The number of nitrogens with zero attached hydrogens (tertiary/aromatic N) is 6. The molecule has 0 fully saturated rings. The van der Waals surface area contributed by atoms with Crippen molar-refractivity contribution in [2.75, 3.05) is 0 Å². The van der Waals surface area contributed by atoms with Gasteiger partial charge >= 0.3 is 0 Å². The maximum Gasteiger partial charge on any atom is 0.0574 e. The molecule has 18 rings (SSSR count). The van der Waals surface area contributed by atoms with Crippen LogP contribution in [0.4, 0.5) is 0 Å². The van der Waals surface area contributed by atoms with E-state index in [-0.39, 0.29) is 0 Å². The minimum Gasteiger partial charge on any atom is -0.343 e. The number of aromatic nitrogens is 6. The van der Waals surface area contributed by atoms with Gasteiger partial charge in [-0.25, -0.2) is 0 Å². The van der Waals surface area contributed by atoms with Crippen LogP contribution in [0.3, 0.4) is 0 Å². The molecule has 0 aliphatic heterocycles. The Morgan fingerprint density at radius 3 is 0.429 bits per heavy atom. The Morgan fingerprint density at radius 2 is 0.190 bits per heavy atom. The van der Waals surface area contributed by atoms with Gasteiger partial charge in [-0.1, -0.05) is 0 Å². The number of aryl methyl sites for hydroxylation is 27. The van der Waals surface area contributed by atoms with Gasteiger partial charge in [-0.3, -0.25) is 0 Å². The van der Waals surface area contributed by atoms with Gasteiger partial charge in [0.15, 0.2) is 0 Å². The molecule has 0 saturated carbocycles. The molecule has 0 atom stereocenters. The summed E-state index contributed by atoms with van der Waals surface area (Å²) in [5.74, 6) is 0. The number of rotatable bonds is 3. The van der Waals surface area contributed by atoms with Crippen LogP contribution in [0, 0.1) is 291 Å². The first-order valence-electron chi connectivity index (χ1n) is 46.6. The third-order valence-electron chi connectivity index (χ3n) is 36.1. The van der Waals surface area contributed by atoms with Gasteiger partial charge in [-0.05, 0) is 547 Å². The lowest BCUT2D eigenvalue weighted by Crippen LogP contribution is -2.03. The quantitative estimate of drug-likeness (QED) is 0.169. The molecule has 0 spiro atoms. The molecule has 6 heteroatoms. The summed E-state index contributed by atoms with van der Waals surface area (Å²) >= 11 is 0. The highest BCUT2D eigenvalue weighted by atomic mass is 15.0. The van der Waals surface area contributed by atoms with Crippen molar-refractivity contribution in [2.45, 2.75) is 291 Å². The molecule has 0 aliphatic rings. The predicted molar refractivity (Wildman–Crippen MR) is 558 cm³/mol. The monoisotopic (exact) mass is 1670 g/mol. The molecule has 0 N–H and O–H groups in total. The molecule has 0 radical (unpaired) electrons. The topological polar surface area (TPSA) is 29.6 Å². The Balaban J connectivity index is 0.000000139. The Hall–Kier alpha value is -10.6. The van der Waals surface area contributed by atoms with Crippen molar-refractivity contribution in [3.8, 4) is 33.4 Å². The molecular formula is C120H144N6. The van der Waals surface area contributed by atoms with Crippen LogP contribution in [-0.4, -0.2) is 27.4 Å². The molecule has 126 heavy (non-hydrogen) atoms. The first-order chi connectivity index (χ1) is 58.7. The maximum absolute atomic E-state index is 2.53. The van der Waals surface area contributed by atoms with Gasteiger partial charge in [0.1, 0.15) is 0 Å². The van der Waals surface area contributed by atoms with Crippen LogP contribution in [0.5, 0.6) is 0 Å². The molecular weight excluding hydrogens is 1530 g/mol. The van der Waals surface area contributed by atoms with Gasteiger partial charge in [0.05, 0.1) is 66.2 Å². The van der Waals surface area contributed by atoms with Crippen molar-refractivity contribution in [2.24, 2.45) is 42.3 Å². The van der Waals surface area contributed by atoms with E-state index in [4.69, 9.17) is 0 Å². The highest BCUT2D eigenvalue weighted by Gasteiger charge is 2.35. The lowest BCUT2D eigenvalue weighted by molar-refractivity contribution is 0.994. The average molecular weight is 1670 g/mol. The molecule has 0 bridgehead atoms. The van der Waals surface area contributed by atoms with Crippen molar-refractivity contribution in [1.29, 1.82) is 0 Å². The van der Waals surface area contributed by atoms with Crippen LogP contribution in [-0.2, 0) is 42.3 Å². The van der Waals surface area contributed by atoms with Gasteiger partial charge < -0.3 is 27.4 Å². The van der Waals surface area contributed by atoms with Crippen molar-refractivity contribution < 1.29 is 0 Å². The fraction of sp³-hybridized carbons (Fsp3) is 0.400. The Labute approximate surface area is 753 Å². The first-order valence-corrected chi connectivity index (χ1v) is 46.6. The second kappa shape index (κ2) is 29.5. The summed E-state index contributed by atoms with van der Waals surface area (Å²) in [4.78, 5) is 0. The van der Waals surface area contributed by atoms with Gasteiger partial charge in [0.25, 0.3) is 0 Å². The molecule has 0 aliphatic carbocycles. The fourth-order valence-corrected chi connectivity index (χ4v) is 25.8. The minimum absolute atomic E-state index is 1.38. The molecule has 18 aromatic rings. The van der Waals surface area contributed by atoms with Crippen LogP contribution in [0.1, 0.15) is 234 Å². The zero-order valence-electron chi connectivity index (χ0n) is 86.7. The van der Waals surface area contributed by atoms with Crippen molar-refractivity contribution in [1.82, 2.24) is 27.4 Å². The van der Waals surface area contributed by atoms with Gasteiger partial charge in [0, 0.05) is 118 Å². The largest absolute Gasteiger partial charge is 0.343 e. The number of hydrogen-bond donors (Lipinski definition) is 0. The lowest BCUT2D eigenvalue weighted by Gasteiger charge is -2.22. The maximum atomic E-state index is 2.53. The first kappa shape index (κ1) is 88.9. The summed E-state index contributed by atoms with van der Waals surface area (Å²) in [5.41, 5.74) is 84.3. The van der Waals surface area contributed by atoms with Gasteiger partial charge in [-0.15, -0.1) is 0 Å². The van der Waals surface area contributed by atoms with Crippen LogP contribution in [0.2, 0.25) is 0 Å². The minimum atomic E-state index is 1.38. The predicted octanol–water partition coefficient (Wildman–Crippen LogP) is 32.9. The van der Waals surface area contributed by atoms with Crippen molar-refractivity contribution >= 4 is 131 Å². The number of hydrogen-bond acceptors (Lipinski definition) is 0. The summed E-state index contributed by atoms with van der Waals surface area (Å²) in [5, 5.41) is 17.2. The molecule has 0 amide bonds. The van der Waals surface area contributed by atoms with E-state index in [0.29, 0.717) is 0 Å². The van der Waals surface area contributed by atoms with Crippen molar-refractivity contribution in [3.63, 3.8) is 0 Å². The summed E-state index contributed by atoms with van der Waals surface area (Å²) < 4.78 is 15.0. The molecule has 12 aromatic carbocycles. The molecule has 0 unspecified atom stereocenters. The van der Waals surface area contributed by atoms with Gasteiger partial charge in [-0.2, -0.15) is 0 Å². The molecule has 6 nitrogen and oxygen atoms in total. The molecule has 6 aromatic heterocycles. The fourth-order valence-electron chi connectivity index (χ4n) is 25.8. The van der Waals surface area contributed by atoms with Crippen LogP contribution in [0.25, 0.3) is 164 Å². The van der Waals surface area contributed by atoms with E-state index in [1.807, 2.05) is 0 Å². The highest BCUT2D eigenvalue weighted by Crippen LogP contribution is 2.56. The average Bonchev–Trinajstić information content (AvgIpc) is 1.54. The van der Waals surface area contributed by atoms with Crippen LogP contribution >= 0.6 is 0 Å². The van der Waals surface area contributed by atoms with E-state index in [9.17, 15) is 0 Å². The molecule has 6 heterocycles. The normalized spacial score (nSPS) is 12.3. The van der Waals surface area contributed by atoms with Gasteiger partial charge in [0.2, 0.25) is 0 Å². The Morgan fingerprint density at radius 1 is 0.0794 bits per heavy atom. The van der Waals surface area contributed by atoms with E-state index < -0.39 is 0 Å². The number of fused-ring (bicyclic) bond motifs is 18. The molecule has 0 saturated heterocycles. The van der Waals surface area contributed by atoms with Crippen molar-refractivity contribution in [3.05, 3.63) is 234 Å². The number of benzene rings is 12. The SMILES string of the molecule is Cc1c(C)c(C)c2c(c1C)c1c(C)c(-c3c(C)c(C)c(C)c4c5c(C)c(C)c(C)c(C)c5n(C)c34)c(C)c(C)c1n2C.Cc1c(C)c(C)c2c(c1C)c1c(C)c(C)c(-c3c(C)c(C)c(C)c4c3c3c(C)c(C)c(C)c(C)c3n4C)c(C)c1n2C.Cc1c(C)c(C)c2c(c1C)c1c(C)c(C)c(-c3c(C)c(C)c(C)c4c5c(C)c(C)c(C)c(C)c5n(C)c34)c(C)c1n2C. The highest BCUT2D eigenvalue weighted by molar-refractivity contribution is 6.26. The summed E-state index contributed by atoms with van der Waals surface area (Å²) in [6, 6.07) is 0. The second-order valence-corrected chi connectivity index (χ2v) is 40.5. The van der Waals surface area contributed by atoms with E-state index in [2.05, 4.69) is 360 Å². The summed E-state index contributed by atoms with van der Waals surface area (Å²) in [6.07, 6.45) is 0. The Bertz CT molecular complexity index is 8160. The Kier molecular flexibility index (Phi) is 20.8. The zero-order valence-corrected chi connectivity index (χ0v) is 86.7. The van der Waals surface area contributed by atoms with E-state index in [1.165, 1.54) is 398 Å². The van der Waals surface area contributed by atoms with E-state index in [1.54, 1.807) is 0 Å². The van der Waals surface area contributed by atoms with E-state index in [0.717, 1.165) is 0 Å². The van der Waals surface area contributed by atoms with Crippen LogP contribution in [0.15, 0.2) is 0 Å². The lowest BCUT2D eigenvalue weighted by atomic mass is 9.82. The summed E-state index contributed by atoms with van der Waals surface area (Å²) in [6.45, 7) is 97.8. The zero-order chi connectivity index (χ0) is 93.0. The van der Waals surface area contributed by atoms with E-state index >= 15 is 0 Å². The summed E-state index contributed by atoms with van der Waals surface area (Å²) in [7, 11) is 13.7. The molecule has 654 valence electrons. The van der Waals surface area contributed by atoms with Crippen LogP contribution < -0.4 is 0 Å². The third-order valence-corrected chi connectivity index (χ3v) is 36.1. The second-order valence-electron chi connectivity index (χ2n) is 40.5. The smallest absolute Gasteiger partial charge is 0.0574 e. The standard InChI is InChI=1S/3C40H48N2/c1-17-20(4)28(12)38-33(22(17)6)35-25(9)21(5)24(8)32(40(35)42(38)16)31-26(10)29(13)39-36(30(31)14)34-23(7)18(2)19(3)27(11)37(34)41(39)15;1-17-19(3)27(11)37-33(23(17)7)34-26(10)25(9)31(30(14)40(34)42(37)16)32-22(6)21(5)29(13)39-36(32)35-24(8)18(2)20(4)28(12)38(35)41(39)15;1-17-19(3)28(12)37-33(22(17)6)35-27(11)26(10)31(30(14)39(35)41(37)15)32-24(8)21(5)25(9)36-34-23(7)18(2)20(4)29(13)38(34)42(16)40(32)36/h3*1-16H3. The third kappa shape index (κ3) is 11.0.